The Morgan fingerprint density at radius 3 is 2.23 bits per heavy atom. The predicted octanol–water partition coefficient (Wildman–Crippen LogP) is 3.01. The quantitative estimate of drug-likeness (QED) is 0.595. The molecule has 0 amide bonds. The summed E-state index contributed by atoms with van der Waals surface area (Å²) in [6.07, 6.45) is 5.79. The fourth-order valence-corrected chi connectivity index (χ4v) is 2.45. The highest BCUT2D eigenvalue weighted by Gasteiger charge is 2.22. The van der Waals surface area contributed by atoms with E-state index < -0.39 is 0 Å². The zero-order chi connectivity index (χ0) is 9.84. The molecule has 0 aromatic rings. The third-order valence-electron chi connectivity index (χ3n) is 3.55. The van der Waals surface area contributed by atoms with Crippen molar-refractivity contribution in [1.82, 2.24) is 4.90 Å². The lowest BCUT2D eigenvalue weighted by Gasteiger charge is -2.24. The Morgan fingerprint density at radius 1 is 1.00 bits per heavy atom. The van der Waals surface area contributed by atoms with Crippen molar-refractivity contribution in [2.45, 2.75) is 39.5 Å². The molecule has 3 unspecified atom stereocenters. The van der Waals surface area contributed by atoms with Gasteiger partial charge in [0, 0.05) is 6.54 Å². The Morgan fingerprint density at radius 2 is 1.62 bits per heavy atom. The SMILES string of the molecule is CC1CCC(C)C(CN(C)C)CC1. The van der Waals surface area contributed by atoms with Gasteiger partial charge in [0.1, 0.15) is 0 Å². The first-order chi connectivity index (χ1) is 6.09. The first-order valence-corrected chi connectivity index (χ1v) is 5.74. The highest BCUT2D eigenvalue weighted by molar-refractivity contribution is 4.74. The van der Waals surface area contributed by atoms with E-state index in [0.29, 0.717) is 0 Å². The maximum Gasteiger partial charge on any atom is 0.000611 e. The second-order valence-corrected chi connectivity index (χ2v) is 5.26. The fraction of sp³-hybridized carbons (Fsp3) is 1.00. The molecule has 1 rings (SSSR count). The highest BCUT2D eigenvalue weighted by Crippen LogP contribution is 2.31. The van der Waals surface area contributed by atoms with Crippen LogP contribution in [0.3, 0.4) is 0 Å². The van der Waals surface area contributed by atoms with Crippen LogP contribution < -0.4 is 0 Å². The van der Waals surface area contributed by atoms with E-state index in [9.17, 15) is 0 Å². The number of nitrogens with zero attached hydrogens (tertiary/aromatic N) is 1. The predicted molar refractivity (Wildman–Crippen MR) is 58.8 cm³/mol. The number of hydrogen-bond donors (Lipinski definition) is 0. The first-order valence-electron chi connectivity index (χ1n) is 5.74. The van der Waals surface area contributed by atoms with Crippen LogP contribution >= 0.6 is 0 Å². The Balaban J connectivity index is 2.42. The van der Waals surface area contributed by atoms with Crippen molar-refractivity contribution in [2.75, 3.05) is 20.6 Å². The topological polar surface area (TPSA) is 3.24 Å². The number of hydrogen-bond acceptors (Lipinski definition) is 1. The first kappa shape index (κ1) is 11.0. The normalized spacial score (nSPS) is 36.2. The molecule has 1 aliphatic carbocycles. The highest BCUT2D eigenvalue weighted by atomic mass is 15.1. The maximum atomic E-state index is 2.44. The van der Waals surface area contributed by atoms with Gasteiger partial charge in [-0.1, -0.05) is 33.1 Å². The Hall–Kier alpha value is -0.0400. The molecule has 1 aliphatic rings. The molecule has 0 radical (unpaired) electrons. The third kappa shape index (κ3) is 3.68. The molecule has 0 N–H and O–H groups in total. The molecular formula is C12H25N. The summed E-state index contributed by atoms with van der Waals surface area (Å²) >= 11 is 0. The van der Waals surface area contributed by atoms with Gasteiger partial charge in [0.25, 0.3) is 0 Å². The van der Waals surface area contributed by atoms with Crippen LogP contribution in [0.15, 0.2) is 0 Å². The van der Waals surface area contributed by atoms with Crippen molar-refractivity contribution in [2.24, 2.45) is 17.8 Å². The minimum atomic E-state index is 0.937. The van der Waals surface area contributed by atoms with Crippen molar-refractivity contribution in [1.29, 1.82) is 0 Å². The summed E-state index contributed by atoms with van der Waals surface area (Å²) in [5.41, 5.74) is 0. The lowest BCUT2D eigenvalue weighted by molar-refractivity contribution is 0.246. The van der Waals surface area contributed by atoms with Crippen molar-refractivity contribution < 1.29 is 0 Å². The minimum Gasteiger partial charge on any atom is -0.309 e. The molecule has 0 aromatic heterocycles. The van der Waals surface area contributed by atoms with Gasteiger partial charge in [-0.3, -0.25) is 0 Å². The average Bonchev–Trinajstić information content (AvgIpc) is 2.19. The second-order valence-electron chi connectivity index (χ2n) is 5.26. The molecule has 0 bridgehead atoms. The summed E-state index contributed by atoms with van der Waals surface area (Å²) in [4.78, 5) is 2.34. The summed E-state index contributed by atoms with van der Waals surface area (Å²) in [6, 6.07) is 0. The Labute approximate surface area is 83.5 Å². The van der Waals surface area contributed by atoms with E-state index in [1.807, 2.05) is 0 Å². The molecule has 0 aromatic carbocycles. The zero-order valence-electron chi connectivity index (χ0n) is 9.71. The molecule has 3 atom stereocenters. The molecule has 1 heteroatoms. The van der Waals surface area contributed by atoms with Crippen molar-refractivity contribution >= 4 is 0 Å². The summed E-state index contributed by atoms with van der Waals surface area (Å²) in [7, 11) is 4.39. The van der Waals surface area contributed by atoms with Crippen molar-refractivity contribution in [3.8, 4) is 0 Å². The average molecular weight is 183 g/mol. The van der Waals surface area contributed by atoms with Crippen molar-refractivity contribution in [3.63, 3.8) is 0 Å². The van der Waals surface area contributed by atoms with Crippen LogP contribution in [0.5, 0.6) is 0 Å². The van der Waals surface area contributed by atoms with Gasteiger partial charge in [0.2, 0.25) is 0 Å². The smallest absolute Gasteiger partial charge is 0.000611 e. The van der Waals surface area contributed by atoms with Crippen LogP contribution in [0.1, 0.15) is 39.5 Å². The van der Waals surface area contributed by atoms with Crippen molar-refractivity contribution in [3.05, 3.63) is 0 Å². The van der Waals surface area contributed by atoms with Gasteiger partial charge in [0.05, 0.1) is 0 Å². The van der Waals surface area contributed by atoms with E-state index in [4.69, 9.17) is 0 Å². The zero-order valence-corrected chi connectivity index (χ0v) is 9.71. The van der Waals surface area contributed by atoms with E-state index in [1.165, 1.54) is 32.2 Å². The van der Waals surface area contributed by atoms with Crippen LogP contribution in [-0.2, 0) is 0 Å². The molecule has 78 valence electrons. The molecule has 0 saturated heterocycles. The van der Waals surface area contributed by atoms with Gasteiger partial charge in [-0.2, -0.15) is 0 Å². The largest absolute Gasteiger partial charge is 0.309 e. The molecule has 0 aliphatic heterocycles. The van der Waals surface area contributed by atoms with E-state index in [2.05, 4.69) is 32.8 Å². The van der Waals surface area contributed by atoms with E-state index >= 15 is 0 Å². The lowest BCUT2D eigenvalue weighted by atomic mass is 9.89. The Kier molecular flexibility index (Phi) is 4.24. The molecule has 13 heavy (non-hydrogen) atoms. The second kappa shape index (κ2) is 4.99. The lowest BCUT2D eigenvalue weighted by Crippen LogP contribution is -2.25. The monoisotopic (exact) mass is 183 g/mol. The molecule has 1 nitrogen and oxygen atoms in total. The molecule has 1 fully saturated rings. The third-order valence-corrected chi connectivity index (χ3v) is 3.55. The maximum absolute atomic E-state index is 2.44. The van der Waals surface area contributed by atoms with Gasteiger partial charge >= 0.3 is 0 Å². The Bertz CT molecular complexity index is 142. The molecule has 1 saturated carbocycles. The van der Waals surface area contributed by atoms with Gasteiger partial charge in [-0.15, -0.1) is 0 Å². The summed E-state index contributed by atoms with van der Waals surface area (Å²) < 4.78 is 0. The van der Waals surface area contributed by atoms with Gasteiger partial charge in [-0.25, -0.2) is 0 Å². The van der Waals surface area contributed by atoms with Gasteiger partial charge in [0.15, 0.2) is 0 Å². The fourth-order valence-electron chi connectivity index (χ4n) is 2.45. The van der Waals surface area contributed by atoms with E-state index in [-0.39, 0.29) is 0 Å². The minimum absolute atomic E-state index is 0.937. The number of rotatable bonds is 2. The van der Waals surface area contributed by atoms with Crippen LogP contribution in [0.25, 0.3) is 0 Å². The van der Waals surface area contributed by atoms with Crippen LogP contribution in [0.4, 0.5) is 0 Å². The molecular weight excluding hydrogens is 158 g/mol. The van der Waals surface area contributed by atoms with Crippen LogP contribution in [0.2, 0.25) is 0 Å². The van der Waals surface area contributed by atoms with Crippen LogP contribution in [0, 0.1) is 17.8 Å². The standard InChI is InChI=1S/C12H25N/c1-10-5-7-11(2)12(8-6-10)9-13(3)4/h10-12H,5-9H2,1-4H3. The molecule has 0 spiro atoms. The van der Waals surface area contributed by atoms with Gasteiger partial charge in [-0.05, 0) is 38.3 Å². The summed E-state index contributed by atoms with van der Waals surface area (Å²) in [5, 5.41) is 0. The van der Waals surface area contributed by atoms with E-state index in [1.54, 1.807) is 0 Å². The van der Waals surface area contributed by atoms with E-state index in [0.717, 1.165) is 17.8 Å². The molecule has 0 heterocycles. The van der Waals surface area contributed by atoms with Crippen LogP contribution in [-0.4, -0.2) is 25.5 Å². The van der Waals surface area contributed by atoms with Gasteiger partial charge < -0.3 is 4.90 Å². The summed E-state index contributed by atoms with van der Waals surface area (Å²) in [5.74, 6) is 2.85. The summed E-state index contributed by atoms with van der Waals surface area (Å²) in [6.45, 7) is 6.13.